The average Bonchev–Trinajstić information content (AvgIpc) is 2.39. The van der Waals surface area contributed by atoms with Crippen LogP contribution in [-0.4, -0.2) is 74.1 Å². The van der Waals surface area contributed by atoms with Gasteiger partial charge in [-0.15, -0.1) is 0 Å². The number of hydrogen-bond donors (Lipinski definition) is 1. The van der Waals surface area contributed by atoms with Crippen LogP contribution in [0.15, 0.2) is 0 Å². The van der Waals surface area contributed by atoms with Gasteiger partial charge < -0.3 is 19.9 Å². The Morgan fingerprint density at radius 3 is 2.53 bits per heavy atom. The molecule has 108 valence electrons. The van der Waals surface area contributed by atoms with E-state index in [-0.39, 0.29) is 23.8 Å². The highest BCUT2D eigenvalue weighted by atomic mass is 16.5. The molecule has 0 bridgehead atoms. The number of nitrogens with zero attached hydrogens (tertiary/aromatic N) is 2. The second-order valence-electron chi connectivity index (χ2n) is 5.50. The van der Waals surface area contributed by atoms with Gasteiger partial charge in [-0.1, -0.05) is 0 Å². The minimum atomic E-state index is -0.223. The molecule has 0 aromatic rings. The molecule has 6 nitrogen and oxygen atoms in total. The van der Waals surface area contributed by atoms with Gasteiger partial charge in [0.25, 0.3) is 0 Å². The molecule has 0 aliphatic carbocycles. The molecule has 0 saturated carbocycles. The lowest BCUT2D eigenvalue weighted by Gasteiger charge is -2.46. The van der Waals surface area contributed by atoms with Crippen molar-refractivity contribution < 1.29 is 14.3 Å². The molecule has 2 aliphatic rings. The van der Waals surface area contributed by atoms with Crippen molar-refractivity contribution in [3.8, 4) is 0 Å². The predicted molar refractivity (Wildman–Crippen MR) is 70.7 cm³/mol. The normalized spacial score (nSPS) is 23.4. The van der Waals surface area contributed by atoms with Gasteiger partial charge in [-0.25, -0.2) is 0 Å². The van der Waals surface area contributed by atoms with E-state index in [0.717, 1.165) is 32.5 Å². The summed E-state index contributed by atoms with van der Waals surface area (Å²) in [5.41, 5.74) is -0.0865. The smallest absolute Gasteiger partial charge is 0.232 e. The van der Waals surface area contributed by atoms with Crippen LogP contribution in [0, 0.1) is 0 Å². The molecule has 0 aromatic carbocycles. The van der Waals surface area contributed by atoms with Crippen LogP contribution >= 0.6 is 0 Å². The van der Waals surface area contributed by atoms with E-state index in [4.69, 9.17) is 4.74 Å². The molecule has 2 fully saturated rings. The molecule has 0 aromatic heterocycles. The Labute approximate surface area is 114 Å². The van der Waals surface area contributed by atoms with E-state index in [9.17, 15) is 9.59 Å². The molecule has 2 amide bonds. The van der Waals surface area contributed by atoms with Crippen LogP contribution in [0.3, 0.4) is 0 Å². The average molecular weight is 269 g/mol. The lowest BCUT2D eigenvalue weighted by molar-refractivity contribution is -0.149. The summed E-state index contributed by atoms with van der Waals surface area (Å²) in [4.78, 5) is 27.2. The van der Waals surface area contributed by atoms with Crippen LogP contribution in [0.1, 0.15) is 19.3 Å². The van der Waals surface area contributed by atoms with Gasteiger partial charge in [0.05, 0.1) is 12.2 Å². The van der Waals surface area contributed by atoms with Crippen molar-refractivity contribution in [1.29, 1.82) is 0 Å². The largest absolute Gasteiger partial charge is 0.372 e. The van der Waals surface area contributed by atoms with Crippen LogP contribution in [0.4, 0.5) is 0 Å². The maximum Gasteiger partial charge on any atom is 0.232 e. The molecule has 1 N–H and O–H groups in total. The second kappa shape index (κ2) is 5.88. The molecule has 2 aliphatic heterocycles. The summed E-state index contributed by atoms with van der Waals surface area (Å²) in [7, 11) is 3.65. The minimum absolute atomic E-state index is 0.0513. The molecule has 0 atom stereocenters. The summed E-state index contributed by atoms with van der Waals surface area (Å²) in [5, 5.41) is 2.48. The zero-order valence-corrected chi connectivity index (χ0v) is 11.8. The van der Waals surface area contributed by atoms with Crippen molar-refractivity contribution in [2.45, 2.75) is 24.9 Å². The summed E-state index contributed by atoms with van der Waals surface area (Å²) in [6, 6.07) is 0. The third-order valence-corrected chi connectivity index (χ3v) is 4.06. The number of carbonyl (C=O) groups is 2. The molecule has 2 heterocycles. The molecule has 2 rings (SSSR count). The van der Waals surface area contributed by atoms with E-state index < -0.39 is 0 Å². The molecule has 19 heavy (non-hydrogen) atoms. The number of ether oxygens (including phenoxy) is 1. The van der Waals surface area contributed by atoms with Gasteiger partial charge in [0.15, 0.2) is 0 Å². The molecular weight excluding hydrogens is 246 g/mol. The van der Waals surface area contributed by atoms with E-state index in [1.54, 1.807) is 11.9 Å². The first-order valence-electron chi connectivity index (χ1n) is 6.85. The van der Waals surface area contributed by atoms with Gasteiger partial charge in [-0.05, 0) is 19.9 Å². The van der Waals surface area contributed by atoms with E-state index >= 15 is 0 Å². The van der Waals surface area contributed by atoms with Crippen molar-refractivity contribution in [3.63, 3.8) is 0 Å². The molecule has 0 radical (unpaired) electrons. The summed E-state index contributed by atoms with van der Waals surface area (Å²) in [6.07, 6.45) is 1.66. The van der Waals surface area contributed by atoms with Crippen LogP contribution in [0.25, 0.3) is 0 Å². The maximum absolute atomic E-state index is 11.9. The van der Waals surface area contributed by atoms with E-state index in [0.29, 0.717) is 13.1 Å². The lowest BCUT2D eigenvalue weighted by atomic mass is 9.89. The highest BCUT2D eigenvalue weighted by molar-refractivity contribution is 5.96. The highest BCUT2D eigenvalue weighted by Crippen LogP contribution is 2.29. The zero-order valence-electron chi connectivity index (χ0n) is 11.8. The number of likely N-dealkylation sites (tertiary alicyclic amines) is 1. The molecule has 1 spiro atoms. The van der Waals surface area contributed by atoms with Crippen LogP contribution in [0.2, 0.25) is 0 Å². The highest BCUT2D eigenvalue weighted by Gasteiger charge is 2.39. The Morgan fingerprint density at radius 1 is 1.26 bits per heavy atom. The number of carbonyl (C=O) groups excluding carboxylic acids is 2. The lowest BCUT2D eigenvalue weighted by Crippen LogP contribution is -2.56. The topological polar surface area (TPSA) is 61.9 Å². The zero-order chi connectivity index (χ0) is 13.9. The van der Waals surface area contributed by atoms with Crippen LogP contribution in [-0.2, 0) is 14.3 Å². The first kappa shape index (κ1) is 14.3. The van der Waals surface area contributed by atoms with Crippen molar-refractivity contribution >= 4 is 11.8 Å². The number of morpholine rings is 1. The first-order valence-corrected chi connectivity index (χ1v) is 6.85. The molecule has 6 heteroatoms. The SMILES string of the molecule is CNC(=O)CC(=O)N1CCC2(CC1)CN(C)CCO2. The number of nitrogens with one attached hydrogen (secondary N) is 1. The van der Waals surface area contributed by atoms with E-state index in [1.807, 2.05) is 0 Å². The third-order valence-electron chi connectivity index (χ3n) is 4.06. The van der Waals surface area contributed by atoms with Gasteiger partial charge in [-0.3, -0.25) is 9.59 Å². The monoisotopic (exact) mass is 269 g/mol. The van der Waals surface area contributed by atoms with Crippen molar-refractivity contribution in [3.05, 3.63) is 0 Å². The maximum atomic E-state index is 11.9. The fraction of sp³-hybridized carbons (Fsp3) is 0.846. The number of likely N-dealkylation sites (N-methyl/N-ethyl adjacent to an activating group) is 1. The van der Waals surface area contributed by atoms with Crippen molar-refractivity contribution in [1.82, 2.24) is 15.1 Å². The number of hydrogen-bond acceptors (Lipinski definition) is 4. The van der Waals surface area contributed by atoms with Crippen LogP contribution in [0.5, 0.6) is 0 Å². The number of piperidine rings is 1. The summed E-state index contributed by atoms with van der Waals surface area (Å²) < 4.78 is 5.95. The Hall–Kier alpha value is -1.14. The first-order chi connectivity index (χ1) is 9.04. The number of rotatable bonds is 2. The molecule has 0 unspecified atom stereocenters. The van der Waals surface area contributed by atoms with Crippen molar-refractivity contribution in [2.24, 2.45) is 0 Å². The van der Waals surface area contributed by atoms with Gasteiger partial charge in [0.2, 0.25) is 11.8 Å². The standard InChI is InChI=1S/C13H23N3O3/c1-14-11(17)9-12(18)16-5-3-13(4-6-16)10-15(2)7-8-19-13/h3-10H2,1-2H3,(H,14,17). The third kappa shape index (κ3) is 3.45. The van der Waals surface area contributed by atoms with Crippen LogP contribution < -0.4 is 5.32 Å². The Balaban J connectivity index is 1.85. The number of amides is 2. The fourth-order valence-electron chi connectivity index (χ4n) is 2.84. The van der Waals surface area contributed by atoms with Crippen molar-refractivity contribution in [2.75, 3.05) is 46.9 Å². The summed E-state index contributed by atoms with van der Waals surface area (Å²) in [6.45, 7) is 4.04. The summed E-state index contributed by atoms with van der Waals surface area (Å²) in [5.74, 6) is -0.308. The van der Waals surface area contributed by atoms with E-state index in [2.05, 4.69) is 17.3 Å². The van der Waals surface area contributed by atoms with Gasteiger partial charge in [0, 0.05) is 33.2 Å². The fourth-order valence-corrected chi connectivity index (χ4v) is 2.84. The summed E-state index contributed by atoms with van der Waals surface area (Å²) >= 11 is 0. The molecular formula is C13H23N3O3. The predicted octanol–water partition coefficient (Wildman–Crippen LogP) is -0.554. The van der Waals surface area contributed by atoms with Gasteiger partial charge in [0.1, 0.15) is 6.42 Å². The van der Waals surface area contributed by atoms with E-state index in [1.165, 1.54) is 0 Å². The van der Waals surface area contributed by atoms with Gasteiger partial charge >= 0.3 is 0 Å². The Bertz CT molecular complexity index is 351. The quantitative estimate of drug-likeness (QED) is 0.683. The Morgan fingerprint density at radius 2 is 1.95 bits per heavy atom. The van der Waals surface area contributed by atoms with Gasteiger partial charge in [-0.2, -0.15) is 0 Å². The Kier molecular flexibility index (Phi) is 4.42. The molecule has 2 saturated heterocycles. The second-order valence-corrected chi connectivity index (χ2v) is 5.50. The minimum Gasteiger partial charge on any atom is -0.372 e.